The number of nitrogens with zero attached hydrogens (tertiary/aromatic N) is 1. The summed E-state index contributed by atoms with van der Waals surface area (Å²) in [4.78, 5) is 14.0. The van der Waals surface area contributed by atoms with Crippen LogP contribution in [0.4, 0.5) is 0 Å². The summed E-state index contributed by atoms with van der Waals surface area (Å²) in [6.45, 7) is 0. The number of isocyanates is 1. The van der Waals surface area contributed by atoms with Crippen LogP contribution in [0.15, 0.2) is 29.3 Å². The fourth-order valence-electron chi connectivity index (χ4n) is 1.42. The Kier molecular flexibility index (Phi) is 4.19. The van der Waals surface area contributed by atoms with Crippen molar-refractivity contribution in [1.82, 2.24) is 0 Å². The summed E-state index contributed by atoms with van der Waals surface area (Å²) in [7, 11) is 4.28. The average molecular weight is 223 g/mol. The normalized spacial score (nSPS) is 10.7. The minimum atomic E-state index is -1.51. The molecular weight excluding hydrogens is 210 g/mol. The third kappa shape index (κ3) is 2.12. The van der Waals surface area contributed by atoms with Crippen LogP contribution in [0.5, 0.6) is 5.75 Å². The van der Waals surface area contributed by atoms with Crippen LogP contribution in [-0.2, 0) is 20.2 Å². The van der Waals surface area contributed by atoms with Gasteiger partial charge < -0.3 is 14.2 Å². The molecule has 16 heavy (non-hydrogen) atoms. The van der Waals surface area contributed by atoms with Gasteiger partial charge in [0.2, 0.25) is 6.08 Å². The molecule has 1 aromatic carbocycles. The fraction of sp³-hybridized carbons (Fsp3) is 0.364. The van der Waals surface area contributed by atoms with Crippen LogP contribution in [0.25, 0.3) is 0 Å². The van der Waals surface area contributed by atoms with Crippen molar-refractivity contribution in [2.75, 3.05) is 21.3 Å². The second-order valence-corrected chi connectivity index (χ2v) is 2.89. The third-order valence-corrected chi connectivity index (χ3v) is 2.19. The fourth-order valence-corrected chi connectivity index (χ4v) is 1.42. The first-order chi connectivity index (χ1) is 7.74. The second-order valence-electron chi connectivity index (χ2n) is 2.89. The molecule has 0 saturated carbocycles. The molecule has 5 nitrogen and oxygen atoms in total. The van der Waals surface area contributed by atoms with Crippen LogP contribution < -0.4 is 4.74 Å². The highest BCUT2D eigenvalue weighted by atomic mass is 16.7. The number of benzene rings is 1. The van der Waals surface area contributed by atoms with E-state index >= 15 is 0 Å². The molecule has 0 aliphatic heterocycles. The van der Waals surface area contributed by atoms with Gasteiger partial charge in [0.05, 0.1) is 12.7 Å². The number of rotatable bonds is 5. The number of ether oxygens (including phenoxy) is 3. The summed E-state index contributed by atoms with van der Waals surface area (Å²) in [5.41, 5.74) is 0.505. The van der Waals surface area contributed by atoms with Gasteiger partial charge in [-0.3, -0.25) is 0 Å². The predicted molar refractivity (Wildman–Crippen MR) is 56.8 cm³/mol. The quantitative estimate of drug-likeness (QED) is 0.430. The van der Waals surface area contributed by atoms with Crippen molar-refractivity contribution in [2.24, 2.45) is 4.99 Å². The first-order valence-corrected chi connectivity index (χ1v) is 4.57. The Hall–Kier alpha value is -1.68. The van der Waals surface area contributed by atoms with Gasteiger partial charge in [-0.1, -0.05) is 12.1 Å². The van der Waals surface area contributed by atoms with Crippen LogP contribution in [0.1, 0.15) is 5.56 Å². The number of methoxy groups -OCH3 is 3. The van der Waals surface area contributed by atoms with Crippen LogP contribution in [0.2, 0.25) is 0 Å². The van der Waals surface area contributed by atoms with Crippen molar-refractivity contribution in [3.05, 3.63) is 29.8 Å². The smallest absolute Gasteiger partial charge is 0.311 e. The lowest BCUT2D eigenvalue weighted by Crippen LogP contribution is -2.28. The van der Waals surface area contributed by atoms with Gasteiger partial charge in [-0.2, -0.15) is 0 Å². The maximum atomic E-state index is 10.4. The summed E-state index contributed by atoms with van der Waals surface area (Å²) in [5.74, 6) is -0.987. The van der Waals surface area contributed by atoms with Crippen molar-refractivity contribution in [1.29, 1.82) is 0 Å². The molecule has 0 radical (unpaired) electrons. The van der Waals surface area contributed by atoms with Gasteiger partial charge in [-0.15, -0.1) is 4.99 Å². The highest BCUT2D eigenvalue weighted by Crippen LogP contribution is 2.34. The molecule has 0 amide bonds. The predicted octanol–water partition coefficient (Wildman–Crippen LogP) is 1.43. The molecule has 1 aromatic rings. The zero-order valence-electron chi connectivity index (χ0n) is 9.39. The summed E-state index contributed by atoms with van der Waals surface area (Å²) in [5, 5.41) is 0. The summed E-state index contributed by atoms with van der Waals surface area (Å²) >= 11 is 0. The lowest BCUT2D eigenvalue weighted by Gasteiger charge is -2.26. The van der Waals surface area contributed by atoms with E-state index in [1.807, 2.05) is 0 Å². The molecule has 1 rings (SSSR count). The van der Waals surface area contributed by atoms with Crippen molar-refractivity contribution in [3.8, 4) is 5.75 Å². The van der Waals surface area contributed by atoms with E-state index in [1.165, 1.54) is 27.4 Å². The van der Waals surface area contributed by atoms with Gasteiger partial charge in [0.15, 0.2) is 0 Å². The zero-order chi connectivity index (χ0) is 12.0. The Bertz CT molecular complexity index is 395. The highest BCUT2D eigenvalue weighted by molar-refractivity contribution is 5.41. The summed E-state index contributed by atoms with van der Waals surface area (Å²) in [6.07, 6.45) is 1.43. The Morgan fingerprint density at radius 1 is 1.19 bits per heavy atom. The monoisotopic (exact) mass is 223 g/mol. The Morgan fingerprint density at radius 2 is 1.81 bits per heavy atom. The van der Waals surface area contributed by atoms with Crippen LogP contribution in [0, 0.1) is 0 Å². The van der Waals surface area contributed by atoms with E-state index in [0.717, 1.165) is 0 Å². The van der Waals surface area contributed by atoms with Gasteiger partial charge >= 0.3 is 5.91 Å². The molecule has 0 atom stereocenters. The average Bonchev–Trinajstić information content (AvgIpc) is 2.36. The molecule has 0 aliphatic rings. The van der Waals surface area contributed by atoms with Gasteiger partial charge in [0.25, 0.3) is 0 Å². The van der Waals surface area contributed by atoms with E-state index in [-0.39, 0.29) is 0 Å². The number of carbonyl (C=O) groups excluding carboxylic acids is 1. The Labute approximate surface area is 93.7 Å². The summed E-state index contributed by atoms with van der Waals surface area (Å²) < 4.78 is 15.4. The molecule has 0 heterocycles. The van der Waals surface area contributed by atoms with Crippen molar-refractivity contribution < 1.29 is 19.0 Å². The third-order valence-electron chi connectivity index (χ3n) is 2.19. The molecule has 0 fully saturated rings. The van der Waals surface area contributed by atoms with Gasteiger partial charge in [-0.05, 0) is 12.1 Å². The number of hydrogen-bond donors (Lipinski definition) is 0. The first-order valence-electron chi connectivity index (χ1n) is 4.57. The number of aliphatic imine (C=N–C) groups is 1. The Morgan fingerprint density at radius 3 is 2.31 bits per heavy atom. The molecule has 5 heteroatoms. The molecule has 0 saturated heterocycles. The standard InChI is InChI=1S/C11H13NO4/c1-14-10-7-5-4-6-9(10)11(15-2,16-3)12-8-13/h4-7H,1-3H3. The highest BCUT2D eigenvalue weighted by Gasteiger charge is 2.35. The van der Waals surface area contributed by atoms with Crippen LogP contribution in [0.3, 0.4) is 0 Å². The van der Waals surface area contributed by atoms with Crippen molar-refractivity contribution in [3.63, 3.8) is 0 Å². The number of hydrogen-bond acceptors (Lipinski definition) is 5. The van der Waals surface area contributed by atoms with Crippen LogP contribution >= 0.6 is 0 Å². The van der Waals surface area contributed by atoms with Gasteiger partial charge in [-0.25, -0.2) is 4.79 Å². The minimum absolute atomic E-state index is 0.505. The van der Waals surface area contributed by atoms with E-state index in [1.54, 1.807) is 24.3 Å². The van der Waals surface area contributed by atoms with Gasteiger partial charge in [0, 0.05) is 14.2 Å². The SMILES string of the molecule is COc1ccccc1C(N=C=O)(OC)OC. The molecule has 0 aliphatic carbocycles. The van der Waals surface area contributed by atoms with E-state index < -0.39 is 5.91 Å². The van der Waals surface area contributed by atoms with E-state index in [9.17, 15) is 4.79 Å². The number of para-hydroxylation sites is 1. The second kappa shape index (κ2) is 5.42. The Balaban J connectivity index is 3.35. The maximum absolute atomic E-state index is 10.4. The van der Waals surface area contributed by atoms with Crippen molar-refractivity contribution >= 4 is 6.08 Å². The molecule has 0 N–H and O–H groups in total. The first kappa shape index (κ1) is 12.4. The van der Waals surface area contributed by atoms with E-state index in [0.29, 0.717) is 11.3 Å². The van der Waals surface area contributed by atoms with Crippen LogP contribution in [-0.4, -0.2) is 27.4 Å². The molecule has 0 unspecified atom stereocenters. The molecule has 86 valence electrons. The molecular formula is C11H13NO4. The zero-order valence-corrected chi connectivity index (χ0v) is 9.39. The van der Waals surface area contributed by atoms with Gasteiger partial charge in [0.1, 0.15) is 5.75 Å². The largest absolute Gasteiger partial charge is 0.496 e. The topological polar surface area (TPSA) is 57.1 Å². The minimum Gasteiger partial charge on any atom is -0.496 e. The lowest BCUT2D eigenvalue weighted by molar-refractivity contribution is -0.209. The lowest BCUT2D eigenvalue weighted by atomic mass is 10.1. The molecule has 0 spiro atoms. The maximum Gasteiger partial charge on any atom is 0.311 e. The van der Waals surface area contributed by atoms with E-state index in [2.05, 4.69) is 4.99 Å². The molecule has 0 aromatic heterocycles. The summed E-state index contributed by atoms with van der Waals surface area (Å²) in [6, 6.07) is 6.99. The van der Waals surface area contributed by atoms with Crippen molar-refractivity contribution in [2.45, 2.75) is 5.91 Å². The van der Waals surface area contributed by atoms with E-state index in [4.69, 9.17) is 14.2 Å². The molecule has 0 bridgehead atoms.